The Morgan fingerprint density at radius 3 is 2.76 bits per heavy atom. The summed E-state index contributed by atoms with van der Waals surface area (Å²) in [7, 11) is 1.85. The molecular formula is C18H20N6O. The zero-order chi connectivity index (χ0) is 17.4. The monoisotopic (exact) mass is 336 g/mol. The second-order valence-corrected chi connectivity index (χ2v) is 6.43. The lowest BCUT2D eigenvalue weighted by Crippen LogP contribution is -2.22. The third-order valence-electron chi connectivity index (χ3n) is 4.36. The van der Waals surface area contributed by atoms with Crippen LogP contribution in [0, 0.1) is 6.92 Å². The summed E-state index contributed by atoms with van der Waals surface area (Å²) < 4.78 is 1.71. The van der Waals surface area contributed by atoms with Gasteiger partial charge in [-0.3, -0.25) is 9.48 Å². The van der Waals surface area contributed by atoms with Crippen molar-refractivity contribution in [2.45, 2.75) is 19.8 Å². The first-order chi connectivity index (χ1) is 12.1. The quantitative estimate of drug-likeness (QED) is 0.795. The highest BCUT2D eigenvalue weighted by atomic mass is 16.2. The number of fused-ring (bicyclic) bond motifs is 1. The number of aryl methyl sites for hydroxylation is 2. The normalized spacial score (nSPS) is 14.2. The van der Waals surface area contributed by atoms with E-state index in [1.54, 1.807) is 4.68 Å². The number of rotatable bonds is 3. The number of nitrogens with one attached hydrogen (secondary N) is 1. The molecule has 2 aromatic heterocycles. The second kappa shape index (κ2) is 6.16. The van der Waals surface area contributed by atoms with Gasteiger partial charge in [0.15, 0.2) is 5.65 Å². The molecule has 1 aromatic carbocycles. The summed E-state index contributed by atoms with van der Waals surface area (Å²) in [5.41, 5.74) is 2.36. The Balaban J connectivity index is 1.72. The Hall–Kier alpha value is -2.96. The van der Waals surface area contributed by atoms with Crippen molar-refractivity contribution < 1.29 is 4.79 Å². The summed E-state index contributed by atoms with van der Waals surface area (Å²) in [4.78, 5) is 23.8. The van der Waals surface area contributed by atoms with Crippen LogP contribution in [0.15, 0.2) is 30.5 Å². The summed E-state index contributed by atoms with van der Waals surface area (Å²) in [6.07, 6.45) is 4.18. The molecule has 0 unspecified atom stereocenters. The van der Waals surface area contributed by atoms with E-state index in [1.165, 1.54) is 0 Å². The van der Waals surface area contributed by atoms with Crippen LogP contribution in [0.4, 0.5) is 11.5 Å². The third-order valence-corrected chi connectivity index (χ3v) is 4.36. The van der Waals surface area contributed by atoms with Gasteiger partial charge in [0.1, 0.15) is 5.82 Å². The van der Waals surface area contributed by atoms with Crippen molar-refractivity contribution >= 4 is 28.4 Å². The molecule has 1 aliphatic rings. The van der Waals surface area contributed by atoms with Crippen molar-refractivity contribution in [3.63, 3.8) is 0 Å². The van der Waals surface area contributed by atoms with E-state index in [0.29, 0.717) is 5.65 Å². The maximum Gasteiger partial charge on any atom is 0.293 e. The second-order valence-electron chi connectivity index (χ2n) is 6.43. The molecule has 0 aliphatic carbocycles. The van der Waals surface area contributed by atoms with Crippen LogP contribution in [-0.2, 0) is 7.05 Å². The average molecular weight is 336 g/mol. The van der Waals surface area contributed by atoms with Crippen LogP contribution in [0.2, 0.25) is 0 Å². The number of amides is 1. The highest BCUT2D eigenvalue weighted by Crippen LogP contribution is 2.26. The van der Waals surface area contributed by atoms with Gasteiger partial charge in [0.25, 0.3) is 5.91 Å². The van der Waals surface area contributed by atoms with Gasteiger partial charge in [0.2, 0.25) is 5.82 Å². The van der Waals surface area contributed by atoms with Gasteiger partial charge in [0, 0.05) is 32.0 Å². The molecule has 25 heavy (non-hydrogen) atoms. The molecule has 3 heterocycles. The van der Waals surface area contributed by atoms with Crippen LogP contribution in [0.25, 0.3) is 11.0 Å². The number of hydrogen-bond donors (Lipinski definition) is 1. The molecule has 4 rings (SSSR count). The zero-order valence-corrected chi connectivity index (χ0v) is 14.4. The van der Waals surface area contributed by atoms with E-state index < -0.39 is 0 Å². The van der Waals surface area contributed by atoms with E-state index in [2.05, 4.69) is 25.3 Å². The Bertz CT molecular complexity index is 942. The summed E-state index contributed by atoms with van der Waals surface area (Å²) in [6, 6.07) is 7.66. The minimum Gasteiger partial charge on any atom is -0.356 e. The number of carbonyl (C=O) groups excluding carboxylic acids is 1. The number of aromatic nitrogens is 4. The summed E-state index contributed by atoms with van der Waals surface area (Å²) >= 11 is 0. The molecule has 0 saturated carbocycles. The molecule has 3 aromatic rings. The molecule has 128 valence electrons. The van der Waals surface area contributed by atoms with Crippen molar-refractivity contribution in [1.29, 1.82) is 0 Å². The molecule has 0 spiro atoms. The van der Waals surface area contributed by atoms with Gasteiger partial charge in [0.05, 0.1) is 5.39 Å². The van der Waals surface area contributed by atoms with Crippen molar-refractivity contribution in [2.75, 3.05) is 23.3 Å². The summed E-state index contributed by atoms with van der Waals surface area (Å²) in [5, 5.41) is 8.13. The minimum absolute atomic E-state index is 0.148. The SMILES string of the molecule is Cc1cccc(NC(=O)c2nc(N3CCCC3)c3cn(C)nc3n2)c1. The molecule has 7 nitrogen and oxygen atoms in total. The van der Waals surface area contributed by atoms with E-state index >= 15 is 0 Å². The Kier molecular flexibility index (Phi) is 3.83. The van der Waals surface area contributed by atoms with Crippen LogP contribution >= 0.6 is 0 Å². The highest BCUT2D eigenvalue weighted by Gasteiger charge is 2.22. The maximum absolute atomic E-state index is 12.7. The van der Waals surface area contributed by atoms with Crippen molar-refractivity contribution in [3.05, 3.63) is 41.9 Å². The molecule has 1 amide bonds. The number of carbonyl (C=O) groups is 1. The summed E-state index contributed by atoms with van der Waals surface area (Å²) in [5.74, 6) is 0.623. The Morgan fingerprint density at radius 1 is 1.20 bits per heavy atom. The first-order valence-corrected chi connectivity index (χ1v) is 8.44. The van der Waals surface area contributed by atoms with Gasteiger partial charge in [-0.15, -0.1) is 0 Å². The van der Waals surface area contributed by atoms with Gasteiger partial charge in [-0.25, -0.2) is 9.97 Å². The number of hydrogen-bond acceptors (Lipinski definition) is 5. The predicted octanol–water partition coefficient (Wildman–Crippen LogP) is 2.52. The standard InChI is InChI=1S/C18H20N6O/c1-12-6-5-7-13(10-12)19-18(25)16-20-15-14(11-23(2)22-15)17(21-16)24-8-3-4-9-24/h5-7,10-11H,3-4,8-9H2,1-2H3,(H,19,25). The number of benzene rings is 1. The van der Waals surface area contributed by atoms with Crippen LogP contribution in [0.1, 0.15) is 29.0 Å². The van der Waals surface area contributed by atoms with Crippen LogP contribution in [0.3, 0.4) is 0 Å². The largest absolute Gasteiger partial charge is 0.356 e. The lowest BCUT2D eigenvalue weighted by Gasteiger charge is -2.17. The molecule has 0 bridgehead atoms. The molecule has 1 N–H and O–H groups in total. The van der Waals surface area contributed by atoms with E-state index in [-0.39, 0.29) is 11.7 Å². The molecular weight excluding hydrogens is 316 g/mol. The molecule has 0 radical (unpaired) electrons. The molecule has 1 aliphatic heterocycles. The van der Waals surface area contributed by atoms with E-state index in [9.17, 15) is 4.79 Å². The van der Waals surface area contributed by atoms with Gasteiger partial charge in [-0.1, -0.05) is 12.1 Å². The molecule has 0 atom stereocenters. The smallest absolute Gasteiger partial charge is 0.293 e. The third kappa shape index (κ3) is 3.05. The molecule has 1 fully saturated rings. The fraction of sp³-hybridized carbons (Fsp3) is 0.333. The fourth-order valence-corrected chi connectivity index (χ4v) is 3.18. The first kappa shape index (κ1) is 15.6. The topological polar surface area (TPSA) is 75.9 Å². The van der Waals surface area contributed by atoms with Gasteiger partial charge in [-0.2, -0.15) is 5.10 Å². The van der Waals surface area contributed by atoms with Crippen LogP contribution < -0.4 is 10.2 Å². The van der Waals surface area contributed by atoms with E-state index in [0.717, 1.165) is 48.4 Å². The van der Waals surface area contributed by atoms with Gasteiger partial charge >= 0.3 is 0 Å². The van der Waals surface area contributed by atoms with Crippen molar-refractivity contribution in [1.82, 2.24) is 19.7 Å². The number of anilines is 2. The Morgan fingerprint density at radius 2 is 2.00 bits per heavy atom. The number of nitrogens with zero attached hydrogens (tertiary/aromatic N) is 5. The van der Waals surface area contributed by atoms with Gasteiger partial charge < -0.3 is 10.2 Å². The van der Waals surface area contributed by atoms with Crippen LogP contribution in [-0.4, -0.2) is 38.7 Å². The first-order valence-electron chi connectivity index (χ1n) is 8.44. The van der Waals surface area contributed by atoms with Crippen molar-refractivity contribution in [2.24, 2.45) is 7.05 Å². The van der Waals surface area contributed by atoms with Gasteiger partial charge in [-0.05, 0) is 37.5 Å². The van der Waals surface area contributed by atoms with Crippen molar-refractivity contribution in [3.8, 4) is 0 Å². The highest BCUT2D eigenvalue weighted by molar-refractivity contribution is 6.03. The minimum atomic E-state index is -0.321. The fourth-order valence-electron chi connectivity index (χ4n) is 3.18. The Labute approximate surface area is 145 Å². The lowest BCUT2D eigenvalue weighted by atomic mass is 10.2. The van der Waals surface area contributed by atoms with E-state index in [4.69, 9.17) is 0 Å². The maximum atomic E-state index is 12.7. The lowest BCUT2D eigenvalue weighted by molar-refractivity contribution is 0.101. The van der Waals surface area contributed by atoms with Crippen LogP contribution in [0.5, 0.6) is 0 Å². The van der Waals surface area contributed by atoms with E-state index in [1.807, 2.05) is 44.4 Å². The summed E-state index contributed by atoms with van der Waals surface area (Å²) in [6.45, 7) is 3.87. The zero-order valence-electron chi connectivity index (χ0n) is 14.4. The predicted molar refractivity (Wildman–Crippen MR) is 96.9 cm³/mol. The molecule has 7 heteroatoms. The average Bonchev–Trinajstić information content (AvgIpc) is 3.22. The molecule has 1 saturated heterocycles.